The third-order valence-corrected chi connectivity index (χ3v) is 3.87. The summed E-state index contributed by atoms with van der Waals surface area (Å²) in [7, 11) is 0. The Kier molecular flexibility index (Phi) is 1.63. The van der Waals surface area contributed by atoms with Gasteiger partial charge in [0, 0.05) is 26.0 Å². The molecule has 0 aromatic heterocycles. The molecule has 0 fully saturated rings. The van der Waals surface area contributed by atoms with E-state index in [2.05, 4.69) is 40.2 Å². The van der Waals surface area contributed by atoms with Crippen LogP contribution in [0.2, 0.25) is 0 Å². The highest BCUT2D eigenvalue weighted by atomic mass is 79.9. The lowest BCUT2D eigenvalue weighted by Gasteiger charge is -2.02. The second-order valence-electron chi connectivity index (χ2n) is 4.35. The molecule has 0 radical (unpaired) electrons. The van der Waals surface area contributed by atoms with Crippen LogP contribution in [-0.2, 0) is 0 Å². The van der Waals surface area contributed by atoms with Crippen LogP contribution in [0.3, 0.4) is 0 Å². The number of benzene rings is 3. The van der Waals surface area contributed by atoms with Crippen LogP contribution in [0.4, 0.5) is 0 Å². The van der Waals surface area contributed by atoms with Gasteiger partial charge < -0.3 is 0 Å². The summed E-state index contributed by atoms with van der Waals surface area (Å²) in [4.78, 5) is 12.3. The van der Waals surface area contributed by atoms with Gasteiger partial charge in [-0.15, -0.1) is 0 Å². The fraction of sp³-hybridized carbons (Fsp3) is 0. The van der Waals surface area contributed by atoms with E-state index >= 15 is 0 Å². The van der Waals surface area contributed by atoms with E-state index in [1.165, 1.54) is 0 Å². The summed E-state index contributed by atoms with van der Waals surface area (Å²) in [5, 5.41) is 6.13. The van der Waals surface area contributed by atoms with Crippen molar-refractivity contribution in [3.8, 4) is 0 Å². The average molecular weight is 283 g/mol. The van der Waals surface area contributed by atoms with Crippen molar-refractivity contribution in [1.82, 2.24) is 0 Å². The highest BCUT2D eigenvalue weighted by Crippen LogP contribution is 2.35. The maximum Gasteiger partial charge on any atom is 0.194 e. The second kappa shape index (κ2) is 2.96. The lowest BCUT2D eigenvalue weighted by molar-refractivity contribution is 1.76. The van der Waals surface area contributed by atoms with Crippen molar-refractivity contribution in [3.63, 3.8) is 0 Å². The van der Waals surface area contributed by atoms with Gasteiger partial charge in [-0.2, -0.15) is 0 Å². The summed E-state index contributed by atoms with van der Waals surface area (Å²) in [6.07, 6.45) is 0. The Balaban J connectivity index is 2.56. The van der Waals surface area contributed by atoms with Gasteiger partial charge in [-0.05, 0) is 22.9 Å². The molecule has 0 aliphatic rings. The molecule has 1 nitrogen and oxygen atoms in total. The zero-order valence-corrected chi connectivity index (χ0v) is 10.4. The van der Waals surface area contributed by atoms with Gasteiger partial charge in [0.1, 0.15) is 0 Å². The first-order chi connectivity index (χ1) is 8.25. The van der Waals surface area contributed by atoms with Crippen molar-refractivity contribution in [2.24, 2.45) is 0 Å². The molecule has 80 valence electrons. The minimum absolute atomic E-state index is 0.142. The Morgan fingerprint density at radius 1 is 0.824 bits per heavy atom. The lowest BCUT2D eigenvalue weighted by atomic mass is 10.0. The van der Waals surface area contributed by atoms with E-state index in [0.29, 0.717) is 0 Å². The molecule has 0 heterocycles. The highest BCUT2D eigenvalue weighted by molar-refractivity contribution is 9.10. The number of halogens is 1. The predicted molar refractivity (Wildman–Crippen MR) is 75.3 cm³/mol. The molecule has 4 aromatic rings. The van der Waals surface area contributed by atoms with Gasteiger partial charge in [0.15, 0.2) is 5.43 Å². The molecule has 0 aliphatic heterocycles. The van der Waals surface area contributed by atoms with Crippen LogP contribution in [0, 0.1) is 0 Å². The first-order valence-corrected chi connectivity index (χ1v) is 6.25. The number of hydrogen-bond acceptors (Lipinski definition) is 1. The molecule has 0 amide bonds. The number of hydrogen-bond donors (Lipinski definition) is 0. The van der Waals surface area contributed by atoms with Crippen LogP contribution in [0.5, 0.6) is 0 Å². The Labute approximate surface area is 105 Å². The van der Waals surface area contributed by atoms with Crippen molar-refractivity contribution in [2.75, 3.05) is 0 Å². The summed E-state index contributed by atoms with van der Waals surface area (Å²) >= 11 is 3.46. The fourth-order valence-electron chi connectivity index (χ4n) is 2.72. The highest BCUT2D eigenvalue weighted by Gasteiger charge is 2.14. The number of rotatable bonds is 0. The van der Waals surface area contributed by atoms with Crippen molar-refractivity contribution < 1.29 is 0 Å². The zero-order valence-electron chi connectivity index (χ0n) is 8.83. The van der Waals surface area contributed by atoms with Crippen LogP contribution in [-0.4, -0.2) is 0 Å². The molecular formula is C15H7BrO. The third-order valence-electron chi connectivity index (χ3n) is 3.41. The molecule has 0 saturated carbocycles. The topological polar surface area (TPSA) is 17.1 Å². The molecule has 0 N–H and O–H groups in total. The van der Waals surface area contributed by atoms with Gasteiger partial charge in [0.05, 0.1) is 0 Å². The third kappa shape index (κ3) is 1.06. The standard InChI is InChI=1S/C15H7BrO/c16-10-6-9-5-4-8-2-1-3-11-13(8)14(9)12(7-10)15(11)17/h1-7H. The smallest absolute Gasteiger partial charge is 0.194 e. The van der Waals surface area contributed by atoms with E-state index in [1.54, 1.807) is 0 Å². The van der Waals surface area contributed by atoms with Crippen LogP contribution >= 0.6 is 15.9 Å². The molecule has 2 heteroatoms. The molecular weight excluding hydrogens is 276 g/mol. The minimum Gasteiger partial charge on any atom is -0.289 e. The van der Waals surface area contributed by atoms with Crippen molar-refractivity contribution in [1.29, 1.82) is 0 Å². The van der Waals surface area contributed by atoms with Crippen LogP contribution in [0.15, 0.2) is 51.7 Å². The van der Waals surface area contributed by atoms with Crippen LogP contribution in [0.25, 0.3) is 32.3 Å². The van der Waals surface area contributed by atoms with Crippen LogP contribution in [0.1, 0.15) is 0 Å². The van der Waals surface area contributed by atoms with E-state index in [0.717, 1.165) is 36.8 Å². The maximum atomic E-state index is 12.3. The van der Waals surface area contributed by atoms with E-state index < -0.39 is 0 Å². The molecule has 4 aromatic carbocycles. The van der Waals surface area contributed by atoms with Gasteiger partial charge in [-0.25, -0.2) is 0 Å². The maximum absolute atomic E-state index is 12.3. The monoisotopic (exact) mass is 282 g/mol. The summed E-state index contributed by atoms with van der Waals surface area (Å²) in [6.45, 7) is 0. The quantitative estimate of drug-likeness (QED) is 0.443. The summed E-state index contributed by atoms with van der Waals surface area (Å²) < 4.78 is 0.959. The van der Waals surface area contributed by atoms with E-state index in [9.17, 15) is 4.79 Å². The summed E-state index contributed by atoms with van der Waals surface area (Å²) in [6, 6.07) is 14.1. The van der Waals surface area contributed by atoms with Crippen molar-refractivity contribution in [3.05, 3.63) is 57.2 Å². The Hall–Kier alpha value is -1.67. The predicted octanol–water partition coefficient (Wildman–Crippen LogP) is 4.14. The van der Waals surface area contributed by atoms with Crippen molar-refractivity contribution in [2.45, 2.75) is 0 Å². The first-order valence-electron chi connectivity index (χ1n) is 5.45. The van der Waals surface area contributed by atoms with Crippen LogP contribution < -0.4 is 5.43 Å². The van der Waals surface area contributed by atoms with Crippen molar-refractivity contribution >= 4 is 48.2 Å². The molecule has 0 bridgehead atoms. The molecule has 0 spiro atoms. The Morgan fingerprint density at radius 3 is 2.47 bits per heavy atom. The van der Waals surface area contributed by atoms with Gasteiger partial charge in [0.2, 0.25) is 0 Å². The van der Waals surface area contributed by atoms with Gasteiger partial charge >= 0.3 is 0 Å². The Bertz CT molecular complexity index is 911. The summed E-state index contributed by atoms with van der Waals surface area (Å²) in [5.74, 6) is 0. The Morgan fingerprint density at radius 2 is 1.59 bits per heavy atom. The minimum atomic E-state index is 0.142. The largest absolute Gasteiger partial charge is 0.289 e. The molecule has 0 atom stereocenters. The normalized spacial score (nSPS) is 12.1. The van der Waals surface area contributed by atoms with Gasteiger partial charge in [-0.1, -0.05) is 46.3 Å². The molecule has 0 unspecified atom stereocenters. The molecule has 4 rings (SSSR count). The van der Waals surface area contributed by atoms with E-state index in [1.807, 2.05) is 18.2 Å². The zero-order chi connectivity index (χ0) is 11.6. The summed E-state index contributed by atoms with van der Waals surface area (Å²) in [5.41, 5.74) is 0.142. The lowest BCUT2D eigenvalue weighted by Crippen LogP contribution is -1.92. The SMILES string of the molecule is O=c1c2cccc3ccc4cc(Br)cc1c4c32. The molecule has 0 aliphatic carbocycles. The van der Waals surface area contributed by atoms with Gasteiger partial charge in [0.25, 0.3) is 0 Å². The first kappa shape index (κ1) is 9.37. The molecule has 0 saturated heterocycles. The fourth-order valence-corrected chi connectivity index (χ4v) is 3.19. The second-order valence-corrected chi connectivity index (χ2v) is 5.27. The van der Waals surface area contributed by atoms with Gasteiger partial charge in [-0.3, -0.25) is 4.79 Å². The molecule has 17 heavy (non-hydrogen) atoms. The van der Waals surface area contributed by atoms with E-state index in [4.69, 9.17) is 0 Å². The average Bonchev–Trinajstić information content (AvgIpc) is 2.62. The van der Waals surface area contributed by atoms with E-state index in [-0.39, 0.29) is 5.43 Å².